The zero-order valence-electron chi connectivity index (χ0n) is 21.9. The number of nitrogens with zero attached hydrogens (tertiary/aromatic N) is 3. The van der Waals surface area contributed by atoms with E-state index >= 15 is 0 Å². The fourth-order valence-electron chi connectivity index (χ4n) is 5.21. The van der Waals surface area contributed by atoms with Crippen LogP contribution >= 0.6 is 0 Å². The van der Waals surface area contributed by atoms with Crippen molar-refractivity contribution in [2.45, 2.75) is 12.1 Å². The van der Waals surface area contributed by atoms with Crippen LogP contribution in [0.3, 0.4) is 0 Å². The van der Waals surface area contributed by atoms with Gasteiger partial charge in [0.15, 0.2) is 0 Å². The fourth-order valence-corrected chi connectivity index (χ4v) is 5.21. The summed E-state index contributed by atoms with van der Waals surface area (Å²) in [5.74, 6) is 0.433. The third-order valence-corrected chi connectivity index (χ3v) is 7.41. The molecule has 0 aliphatic heterocycles. The molecule has 0 spiro atoms. The van der Waals surface area contributed by atoms with E-state index in [1.165, 1.54) is 12.1 Å². The maximum absolute atomic E-state index is 15.0. The quantitative estimate of drug-likeness (QED) is 0.228. The van der Waals surface area contributed by atoms with Gasteiger partial charge >= 0.3 is 0 Å². The van der Waals surface area contributed by atoms with E-state index in [2.05, 4.69) is 11.7 Å². The van der Waals surface area contributed by atoms with E-state index in [-0.39, 0.29) is 5.82 Å². The van der Waals surface area contributed by atoms with E-state index in [4.69, 9.17) is 4.74 Å². The van der Waals surface area contributed by atoms with Crippen LogP contribution in [0.25, 0.3) is 33.6 Å². The van der Waals surface area contributed by atoms with Crippen molar-refractivity contribution < 1.29 is 18.6 Å². The Morgan fingerprint density at radius 2 is 1.75 bits per heavy atom. The van der Waals surface area contributed by atoms with Crippen molar-refractivity contribution in [3.8, 4) is 11.4 Å². The van der Waals surface area contributed by atoms with Crippen LogP contribution in [0.5, 0.6) is 5.75 Å². The van der Waals surface area contributed by atoms with E-state index in [9.17, 15) is 13.9 Å². The Morgan fingerprint density at radius 3 is 2.45 bits per heavy atom. The number of benzene rings is 4. The van der Waals surface area contributed by atoms with Crippen LogP contribution in [0, 0.1) is 5.82 Å². The monoisotopic (exact) mass is 535 g/mol. The normalized spacial score (nSPS) is 13.0. The number of methoxy groups -OCH3 is 1. The van der Waals surface area contributed by atoms with Crippen LogP contribution in [-0.2, 0) is 12.1 Å². The third-order valence-electron chi connectivity index (χ3n) is 7.41. The second-order valence-electron chi connectivity index (χ2n) is 9.80. The van der Waals surface area contributed by atoms with Gasteiger partial charge in [0.25, 0.3) is 0 Å². The Morgan fingerprint density at radius 1 is 0.975 bits per heavy atom. The van der Waals surface area contributed by atoms with Gasteiger partial charge in [-0.25, -0.2) is 13.5 Å². The van der Waals surface area contributed by atoms with E-state index in [1.54, 1.807) is 54.4 Å². The van der Waals surface area contributed by atoms with Crippen molar-refractivity contribution in [1.29, 1.82) is 0 Å². The highest BCUT2D eigenvalue weighted by molar-refractivity contribution is 5.88. The summed E-state index contributed by atoms with van der Waals surface area (Å²) < 4.78 is 37.4. The predicted molar refractivity (Wildman–Crippen MR) is 154 cm³/mol. The van der Waals surface area contributed by atoms with Crippen molar-refractivity contribution in [2.75, 3.05) is 13.8 Å². The zero-order valence-corrected chi connectivity index (χ0v) is 21.9. The van der Waals surface area contributed by atoms with Crippen LogP contribution in [0.4, 0.5) is 8.78 Å². The minimum atomic E-state index is -1.90. The highest BCUT2D eigenvalue weighted by atomic mass is 19.1. The second kappa shape index (κ2) is 10.1. The van der Waals surface area contributed by atoms with E-state index in [0.717, 1.165) is 38.7 Å². The van der Waals surface area contributed by atoms with Gasteiger partial charge in [-0.15, -0.1) is 0 Å². The number of halogens is 2. The van der Waals surface area contributed by atoms with Gasteiger partial charge in [0.1, 0.15) is 23.8 Å². The molecule has 40 heavy (non-hydrogen) atoms. The first kappa shape index (κ1) is 25.5. The molecule has 0 saturated heterocycles. The van der Waals surface area contributed by atoms with Crippen LogP contribution in [0.15, 0.2) is 104 Å². The van der Waals surface area contributed by atoms with Crippen LogP contribution < -0.4 is 4.74 Å². The molecular weight excluding hydrogens is 508 g/mol. The SMILES string of the molecule is C=Cc1ccc2c(C(O)(CF)c3ccc4c(cnn4-c4ccc(F)cc4)c3)cn(Cc3ccc(OC)cc3)c2c1. The molecule has 200 valence electrons. The largest absolute Gasteiger partial charge is 0.497 e. The average Bonchev–Trinajstić information content (AvgIpc) is 3.59. The molecule has 0 saturated carbocycles. The molecular formula is C33H27F2N3O2. The molecule has 0 amide bonds. The minimum Gasteiger partial charge on any atom is -0.497 e. The summed E-state index contributed by atoms with van der Waals surface area (Å²) >= 11 is 0. The molecule has 5 nitrogen and oxygen atoms in total. The zero-order chi connectivity index (χ0) is 27.9. The first-order valence-corrected chi connectivity index (χ1v) is 12.8. The second-order valence-corrected chi connectivity index (χ2v) is 9.80. The van der Waals surface area contributed by atoms with E-state index < -0.39 is 12.3 Å². The van der Waals surface area contributed by atoms with Crippen molar-refractivity contribution in [3.63, 3.8) is 0 Å². The fraction of sp³-hybridized carbons (Fsp3) is 0.121. The molecule has 6 aromatic rings. The summed E-state index contributed by atoms with van der Waals surface area (Å²) in [6, 6.07) is 24.9. The van der Waals surface area contributed by atoms with Gasteiger partial charge in [0.2, 0.25) is 0 Å². The Bertz CT molecular complexity index is 1840. The molecule has 0 aliphatic carbocycles. The molecule has 1 atom stereocenters. The lowest BCUT2D eigenvalue weighted by Gasteiger charge is -2.25. The first-order valence-electron chi connectivity index (χ1n) is 12.8. The van der Waals surface area contributed by atoms with Gasteiger partial charge in [0, 0.05) is 34.6 Å². The molecule has 1 unspecified atom stereocenters. The molecule has 0 fully saturated rings. The Labute approximate surface area is 230 Å². The van der Waals surface area contributed by atoms with Crippen molar-refractivity contribution in [2.24, 2.45) is 0 Å². The summed E-state index contributed by atoms with van der Waals surface area (Å²) in [5.41, 5.74) is 3.26. The van der Waals surface area contributed by atoms with E-state index in [1.807, 2.05) is 53.2 Å². The first-order chi connectivity index (χ1) is 19.4. The van der Waals surface area contributed by atoms with Gasteiger partial charge in [-0.2, -0.15) is 5.10 Å². The molecule has 0 bridgehead atoms. The van der Waals surface area contributed by atoms with Gasteiger partial charge in [-0.05, 0) is 71.3 Å². The molecule has 1 N–H and O–H groups in total. The predicted octanol–water partition coefficient (Wildman–Crippen LogP) is 7.02. The maximum atomic E-state index is 15.0. The van der Waals surface area contributed by atoms with Crippen molar-refractivity contribution in [3.05, 3.63) is 132 Å². The Hall–Kier alpha value is -4.75. The van der Waals surface area contributed by atoms with E-state index in [0.29, 0.717) is 23.4 Å². The third kappa shape index (κ3) is 4.34. The highest BCUT2D eigenvalue weighted by Gasteiger charge is 2.35. The van der Waals surface area contributed by atoms with Gasteiger partial charge in [-0.1, -0.05) is 43.0 Å². The highest BCUT2D eigenvalue weighted by Crippen LogP contribution is 2.38. The summed E-state index contributed by atoms with van der Waals surface area (Å²) in [4.78, 5) is 0. The van der Waals surface area contributed by atoms with Crippen LogP contribution in [-0.4, -0.2) is 33.2 Å². The molecule has 2 aromatic heterocycles. The minimum absolute atomic E-state index is 0.332. The van der Waals surface area contributed by atoms with Crippen molar-refractivity contribution in [1.82, 2.24) is 14.3 Å². The lowest BCUT2D eigenvalue weighted by molar-refractivity contribution is 0.0532. The molecule has 2 heterocycles. The molecule has 7 heteroatoms. The Kier molecular flexibility index (Phi) is 6.44. The van der Waals surface area contributed by atoms with Gasteiger partial charge in [0.05, 0.1) is 24.5 Å². The summed E-state index contributed by atoms with van der Waals surface area (Å²) in [7, 11) is 1.63. The number of hydrogen-bond donors (Lipinski definition) is 1. The number of alkyl halides is 1. The molecule has 0 aliphatic rings. The summed E-state index contributed by atoms with van der Waals surface area (Å²) in [6.45, 7) is 3.39. The topological polar surface area (TPSA) is 52.2 Å². The summed E-state index contributed by atoms with van der Waals surface area (Å²) in [6.07, 6.45) is 5.25. The molecule has 0 radical (unpaired) electrons. The number of hydrogen-bond acceptors (Lipinski definition) is 3. The van der Waals surface area contributed by atoms with Gasteiger partial charge in [-0.3, -0.25) is 0 Å². The molecule has 4 aromatic carbocycles. The number of fused-ring (bicyclic) bond motifs is 2. The van der Waals surface area contributed by atoms with Crippen LogP contribution in [0.1, 0.15) is 22.3 Å². The number of ether oxygens (including phenoxy) is 1. The lowest BCUT2D eigenvalue weighted by Crippen LogP contribution is -2.29. The summed E-state index contributed by atoms with van der Waals surface area (Å²) in [5, 5.41) is 17.9. The Balaban J connectivity index is 1.45. The lowest BCUT2D eigenvalue weighted by atomic mass is 9.86. The molecule has 6 rings (SSSR count). The van der Waals surface area contributed by atoms with Gasteiger partial charge < -0.3 is 14.4 Å². The maximum Gasteiger partial charge on any atom is 0.145 e. The standard InChI is InChI=1S/C33H27F2N3O2/c1-3-22-6-14-29-30(20-37(32(29)16-22)19-23-4-12-28(40-2)13-5-23)33(39,21-34)25-7-15-31-24(17-25)18-36-38(31)27-10-8-26(35)9-11-27/h3-18,20,39H,1,19,21H2,2H3. The van der Waals surface area contributed by atoms with Crippen LogP contribution in [0.2, 0.25) is 0 Å². The smallest absolute Gasteiger partial charge is 0.145 e. The average molecular weight is 536 g/mol. The van der Waals surface area contributed by atoms with Crippen molar-refractivity contribution >= 4 is 27.9 Å². The number of aromatic nitrogens is 3. The number of aliphatic hydroxyl groups is 1. The number of rotatable bonds is 8.